The van der Waals surface area contributed by atoms with Gasteiger partial charge in [-0.1, -0.05) is 23.2 Å². The third kappa shape index (κ3) is 5.31. The van der Waals surface area contributed by atoms with Crippen LogP contribution in [0, 0.1) is 6.92 Å². The molecular weight excluding hydrogens is 401 g/mol. The van der Waals surface area contributed by atoms with E-state index in [0.717, 1.165) is 47.5 Å². The van der Waals surface area contributed by atoms with E-state index in [1.54, 1.807) is 18.0 Å². The summed E-state index contributed by atoms with van der Waals surface area (Å²) < 4.78 is 2.11. The molecule has 1 aliphatic carbocycles. The Bertz CT molecular complexity index is 821. The van der Waals surface area contributed by atoms with Gasteiger partial charge in [-0.25, -0.2) is 4.98 Å². The fraction of sp³-hybridized carbons (Fsp3) is 0.400. The lowest BCUT2D eigenvalue weighted by molar-refractivity contribution is 0.112. The predicted octanol–water partition coefficient (Wildman–Crippen LogP) is 5.97. The summed E-state index contributed by atoms with van der Waals surface area (Å²) in [6.07, 6.45) is 4.58. The maximum absolute atomic E-state index is 10.8. The fourth-order valence-corrected chi connectivity index (χ4v) is 4.26. The van der Waals surface area contributed by atoms with Gasteiger partial charge in [-0.05, 0) is 73.9 Å². The number of benzene rings is 1. The number of hydrogen-bond donors (Lipinski definition) is 1. The van der Waals surface area contributed by atoms with E-state index in [4.69, 9.17) is 23.2 Å². The zero-order valence-electron chi connectivity index (χ0n) is 15.5. The minimum atomic E-state index is 0.456. The van der Waals surface area contributed by atoms with E-state index in [2.05, 4.69) is 26.7 Å². The van der Waals surface area contributed by atoms with Gasteiger partial charge in [-0.3, -0.25) is 4.79 Å². The van der Waals surface area contributed by atoms with E-state index >= 15 is 0 Å². The first-order valence-corrected chi connectivity index (χ1v) is 10.7. The third-order valence-corrected chi connectivity index (χ3v) is 6.39. The van der Waals surface area contributed by atoms with Crippen LogP contribution in [-0.4, -0.2) is 30.6 Å². The molecule has 0 atom stereocenters. The molecule has 2 heterocycles. The number of carbonyl (C=O) groups excluding carboxylic acids is 1. The Morgan fingerprint density at radius 2 is 2.04 bits per heavy atom. The van der Waals surface area contributed by atoms with Gasteiger partial charge < -0.3 is 9.62 Å². The van der Waals surface area contributed by atoms with Crippen molar-refractivity contribution in [2.75, 3.05) is 29.0 Å². The zero-order valence-corrected chi connectivity index (χ0v) is 17.8. The van der Waals surface area contributed by atoms with E-state index in [9.17, 15) is 4.79 Å². The van der Waals surface area contributed by atoms with Crippen LogP contribution in [0.3, 0.4) is 0 Å². The molecule has 144 valence electrons. The molecule has 1 aliphatic heterocycles. The van der Waals surface area contributed by atoms with Gasteiger partial charge in [-0.2, -0.15) is 0 Å². The van der Waals surface area contributed by atoms with Gasteiger partial charge in [0.25, 0.3) is 0 Å². The molecule has 1 aromatic carbocycles. The van der Waals surface area contributed by atoms with Gasteiger partial charge in [0.05, 0.1) is 10.7 Å². The molecule has 0 spiro atoms. The Kier molecular flexibility index (Phi) is 6.90. The van der Waals surface area contributed by atoms with Gasteiger partial charge in [0, 0.05) is 35.6 Å². The number of aromatic nitrogens is 1. The van der Waals surface area contributed by atoms with Crippen molar-refractivity contribution in [2.45, 2.75) is 32.1 Å². The van der Waals surface area contributed by atoms with E-state index in [-0.39, 0.29) is 0 Å². The molecule has 0 amide bonds. The molecule has 0 radical (unpaired) electrons. The number of pyridine rings is 1. The predicted molar refractivity (Wildman–Crippen MR) is 117 cm³/mol. The molecular formula is C20H23Cl2N3OS. The largest absolute Gasteiger partial charge is 0.388 e. The number of aryl methyl sites for hydroxylation is 1. The molecule has 1 N–H and O–H groups in total. The number of aldehydes is 1. The number of rotatable bonds is 4. The lowest BCUT2D eigenvalue weighted by atomic mass is 10.1. The average Bonchev–Trinajstić information content (AvgIpc) is 3.38. The van der Waals surface area contributed by atoms with Gasteiger partial charge in [-0.15, -0.1) is 0 Å². The minimum Gasteiger partial charge on any atom is -0.388 e. The second-order valence-corrected chi connectivity index (χ2v) is 8.59. The highest BCUT2D eigenvalue weighted by Gasteiger charge is 2.23. The van der Waals surface area contributed by atoms with E-state index in [1.165, 1.54) is 18.4 Å². The van der Waals surface area contributed by atoms with Crippen LogP contribution in [0.1, 0.15) is 46.8 Å². The molecule has 0 bridgehead atoms. The summed E-state index contributed by atoms with van der Waals surface area (Å²) in [4.78, 5) is 15.2. The minimum absolute atomic E-state index is 0.456. The maximum Gasteiger partial charge on any atom is 0.151 e. The molecule has 2 aliphatic rings. The number of nitrogens with zero attached hydrogens (tertiary/aromatic N) is 2. The molecule has 7 heteroatoms. The van der Waals surface area contributed by atoms with Crippen molar-refractivity contribution in [3.63, 3.8) is 0 Å². The molecule has 1 saturated carbocycles. The van der Waals surface area contributed by atoms with Crippen LogP contribution in [0.25, 0.3) is 0 Å². The molecule has 0 unspecified atom stereocenters. The molecule has 4 nitrogen and oxygen atoms in total. The Hall–Kier alpha value is -1.43. The SMILES string of the molecule is CNc1cc(Cl)cc(C2CC2)c1.Cc1nc(N2CCCS2)cc(C=O)c1Cl. The molecule has 1 aromatic heterocycles. The van der Waals surface area contributed by atoms with Crippen molar-refractivity contribution in [3.8, 4) is 0 Å². The first kappa shape index (κ1) is 20.3. The Labute approximate surface area is 174 Å². The van der Waals surface area contributed by atoms with Gasteiger partial charge in [0.1, 0.15) is 5.82 Å². The quantitative estimate of drug-likeness (QED) is 0.484. The summed E-state index contributed by atoms with van der Waals surface area (Å²) in [5, 5.41) is 4.40. The van der Waals surface area contributed by atoms with Crippen LogP contribution in [0.15, 0.2) is 24.3 Å². The fourth-order valence-electron chi connectivity index (χ4n) is 2.92. The van der Waals surface area contributed by atoms with Crippen LogP contribution in [0.4, 0.5) is 11.5 Å². The van der Waals surface area contributed by atoms with Crippen LogP contribution >= 0.6 is 35.1 Å². The van der Waals surface area contributed by atoms with E-state index < -0.39 is 0 Å². The second-order valence-electron chi connectivity index (χ2n) is 6.67. The highest BCUT2D eigenvalue weighted by Crippen LogP contribution is 2.41. The number of carbonyl (C=O) groups is 1. The topological polar surface area (TPSA) is 45.2 Å². The van der Waals surface area contributed by atoms with Gasteiger partial charge in [0.2, 0.25) is 0 Å². The summed E-state index contributed by atoms with van der Waals surface area (Å²) in [7, 11) is 1.92. The van der Waals surface area contributed by atoms with Crippen LogP contribution < -0.4 is 9.62 Å². The Morgan fingerprint density at radius 3 is 2.63 bits per heavy atom. The zero-order chi connectivity index (χ0) is 19.4. The van der Waals surface area contributed by atoms with Crippen molar-refractivity contribution in [1.29, 1.82) is 0 Å². The van der Waals surface area contributed by atoms with Gasteiger partial charge >= 0.3 is 0 Å². The summed E-state index contributed by atoms with van der Waals surface area (Å²) in [5.74, 6) is 2.72. The van der Waals surface area contributed by atoms with E-state index in [1.807, 2.05) is 20.0 Å². The summed E-state index contributed by atoms with van der Waals surface area (Å²) in [6, 6.07) is 7.96. The van der Waals surface area contributed by atoms with Crippen molar-refractivity contribution in [2.24, 2.45) is 0 Å². The van der Waals surface area contributed by atoms with E-state index in [0.29, 0.717) is 16.3 Å². The average molecular weight is 424 g/mol. The van der Waals surface area contributed by atoms with Crippen molar-refractivity contribution >= 4 is 52.9 Å². The second kappa shape index (κ2) is 9.18. The smallest absolute Gasteiger partial charge is 0.151 e. The highest BCUT2D eigenvalue weighted by atomic mass is 35.5. The number of halogens is 2. The number of nitrogens with one attached hydrogen (secondary N) is 1. The number of anilines is 2. The highest BCUT2D eigenvalue weighted by molar-refractivity contribution is 8.00. The first-order valence-electron chi connectivity index (χ1n) is 9.03. The van der Waals surface area contributed by atoms with Crippen molar-refractivity contribution in [1.82, 2.24) is 4.98 Å². The lowest BCUT2D eigenvalue weighted by Crippen LogP contribution is -2.11. The monoisotopic (exact) mass is 423 g/mol. The normalized spacial score (nSPS) is 15.9. The van der Waals surface area contributed by atoms with Gasteiger partial charge in [0.15, 0.2) is 6.29 Å². The summed E-state index contributed by atoms with van der Waals surface area (Å²) in [5.41, 5.74) is 3.73. The van der Waals surface area contributed by atoms with Crippen LogP contribution in [0.2, 0.25) is 10.0 Å². The first-order chi connectivity index (χ1) is 13.0. The molecule has 2 fully saturated rings. The van der Waals surface area contributed by atoms with Crippen LogP contribution in [-0.2, 0) is 0 Å². The van der Waals surface area contributed by atoms with Crippen LogP contribution in [0.5, 0.6) is 0 Å². The maximum atomic E-state index is 10.8. The van der Waals surface area contributed by atoms with Crippen molar-refractivity contribution < 1.29 is 4.79 Å². The molecule has 27 heavy (non-hydrogen) atoms. The Morgan fingerprint density at radius 1 is 1.26 bits per heavy atom. The summed E-state index contributed by atoms with van der Waals surface area (Å²) >= 11 is 13.7. The summed E-state index contributed by atoms with van der Waals surface area (Å²) in [6.45, 7) is 2.80. The lowest BCUT2D eigenvalue weighted by Gasteiger charge is -2.16. The Balaban J connectivity index is 0.000000159. The third-order valence-electron chi connectivity index (χ3n) is 4.53. The number of hydrogen-bond acceptors (Lipinski definition) is 5. The van der Waals surface area contributed by atoms with Crippen molar-refractivity contribution in [3.05, 3.63) is 51.1 Å². The molecule has 2 aromatic rings. The molecule has 1 saturated heterocycles. The molecule has 4 rings (SSSR count). The standard InChI is InChI=1S/C10H11ClN2OS.C10H12ClN/c1-7-10(11)8(6-14)5-9(12-7)13-3-2-4-15-13;1-12-10-5-8(7-2-3-7)4-9(11)6-10/h5-6H,2-4H2,1H3;4-7,12H,2-3H2,1H3.